The fourth-order valence-corrected chi connectivity index (χ4v) is 0.275. The monoisotopic (exact) mass is 256 g/mol. The second-order valence-electron chi connectivity index (χ2n) is 1.45. The van der Waals surface area contributed by atoms with Crippen molar-refractivity contribution < 1.29 is 14.3 Å². The topological polar surface area (TPSA) is 43.4 Å². The van der Waals surface area contributed by atoms with Crippen LogP contribution in [0.2, 0.25) is 0 Å². The van der Waals surface area contributed by atoms with Crippen molar-refractivity contribution in [1.29, 1.82) is 0 Å². The summed E-state index contributed by atoms with van der Waals surface area (Å²) < 4.78 is 4.20. The molecule has 3 nitrogen and oxygen atoms in total. The number of carbonyl (C=O) groups excluding carboxylic acids is 2. The molecular weight excluding hydrogens is 245 g/mol. The second kappa shape index (κ2) is 6.83. The number of Topliss-reactive ketones (excluding diaryl/α,β-unsaturated/α-hetero) is 1. The van der Waals surface area contributed by atoms with Gasteiger partial charge >= 0.3 is 54.9 Å². The zero-order valence-electron chi connectivity index (χ0n) is 4.93. The van der Waals surface area contributed by atoms with Gasteiger partial charge in [-0.1, -0.05) is 0 Å². The summed E-state index contributed by atoms with van der Waals surface area (Å²) in [7, 11) is 1.26. The molecule has 0 N–H and O–H groups in total. The van der Waals surface area contributed by atoms with Crippen LogP contribution in [0.4, 0.5) is 0 Å². The van der Waals surface area contributed by atoms with E-state index in [0.29, 0.717) is 0 Å². The van der Waals surface area contributed by atoms with Crippen molar-refractivity contribution >= 4 is 60.6 Å². The SMILES string of the molecule is COC(=O)CC(C)=O.[BaH2]. The van der Waals surface area contributed by atoms with E-state index in [1.807, 2.05) is 0 Å². The predicted octanol–water partition coefficient (Wildman–Crippen LogP) is -0.778. The summed E-state index contributed by atoms with van der Waals surface area (Å²) in [5.74, 6) is -0.644. The summed E-state index contributed by atoms with van der Waals surface area (Å²) >= 11 is 0. The van der Waals surface area contributed by atoms with Gasteiger partial charge in [0.05, 0.1) is 7.11 Å². The molecule has 0 aromatic rings. The molecule has 0 fully saturated rings. The molecule has 0 heterocycles. The number of ether oxygens (including phenoxy) is 1. The van der Waals surface area contributed by atoms with E-state index < -0.39 is 5.97 Å². The van der Waals surface area contributed by atoms with Gasteiger partial charge in [0.15, 0.2) is 0 Å². The van der Waals surface area contributed by atoms with Crippen LogP contribution in [-0.2, 0) is 14.3 Å². The standard InChI is InChI=1S/C5H8O3.Ba.2H/c1-4(6)3-5(7)8-2;;;/h3H2,1-2H3;;;. The van der Waals surface area contributed by atoms with Gasteiger partial charge in [0.2, 0.25) is 0 Å². The number of carbonyl (C=O) groups is 2. The Hall–Kier alpha value is 0.711. The Morgan fingerprint density at radius 3 is 2.00 bits per heavy atom. The molecule has 0 saturated carbocycles. The number of hydrogen-bond acceptors (Lipinski definition) is 3. The molecule has 0 amide bonds. The van der Waals surface area contributed by atoms with Crippen molar-refractivity contribution in [2.24, 2.45) is 0 Å². The molecular formula is C5H10BaO3. The summed E-state index contributed by atoms with van der Waals surface area (Å²) in [6, 6.07) is 0. The first-order valence-electron chi connectivity index (χ1n) is 2.23. The predicted molar refractivity (Wildman–Crippen MR) is 35.9 cm³/mol. The zero-order chi connectivity index (χ0) is 6.57. The summed E-state index contributed by atoms with van der Waals surface area (Å²) in [6.45, 7) is 1.34. The fraction of sp³-hybridized carbons (Fsp3) is 0.600. The maximum absolute atomic E-state index is 10.2. The van der Waals surface area contributed by atoms with Crippen molar-refractivity contribution in [1.82, 2.24) is 0 Å². The van der Waals surface area contributed by atoms with Crippen molar-refractivity contribution in [3.63, 3.8) is 0 Å². The second-order valence-corrected chi connectivity index (χ2v) is 1.45. The van der Waals surface area contributed by atoms with Gasteiger partial charge < -0.3 is 4.74 Å². The Morgan fingerprint density at radius 2 is 1.89 bits per heavy atom. The number of ketones is 1. The van der Waals surface area contributed by atoms with Gasteiger partial charge in [-0.05, 0) is 6.92 Å². The van der Waals surface area contributed by atoms with E-state index in [9.17, 15) is 9.59 Å². The fourth-order valence-electron chi connectivity index (χ4n) is 0.275. The van der Waals surface area contributed by atoms with Crippen LogP contribution < -0.4 is 0 Å². The third-order valence-electron chi connectivity index (χ3n) is 0.621. The van der Waals surface area contributed by atoms with Gasteiger partial charge in [-0.2, -0.15) is 0 Å². The molecule has 0 unspecified atom stereocenters. The molecule has 0 spiro atoms. The number of rotatable bonds is 2. The van der Waals surface area contributed by atoms with Gasteiger partial charge in [-0.15, -0.1) is 0 Å². The molecule has 0 aliphatic heterocycles. The van der Waals surface area contributed by atoms with Gasteiger partial charge in [-0.25, -0.2) is 0 Å². The molecule has 0 aliphatic carbocycles. The first-order chi connectivity index (χ1) is 3.66. The van der Waals surface area contributed by atoms with Crippen LogP contribution in [0.15, 0.2) is 0 Å². The van der Waals surface area contributed by atoms with Crippen molar-refractivity contribution in [2.75, 3.05) is 7.11 Å². The summed E-state index contributed by atoms with van der Waals surface area (Å²) in [6.07, 6.45) is -0.115. The maximum atomic E-state index is 10.2. The van der Waals surface area contributed by atoms with E-state index in [-0.39, 0.29) is 61.1 Å². The van der Waals surface area contributed by atoms with Crippen LogP contribution in [0.5, 0.6) is 0 Å². The Bertz CT molecular complexity index is 111. The van der Waals surface area contributed by atoms with Crippen LogP contribution in [0, 0.1) is 0 Å². The minimum absolute atomic E-state index is 0. The van der Waals surface area contributed by atoms with E-state index in [1.54, 1.807) is 0 Å². The third kappa shape index (κ3) is 8.71. The summed E-state index contributed by atoms with van der Waals surface area (Å²) in [5.41, 5.74) is 0. The first kappa shape index (κ1) is 12.4. The minimum atomic E-state index is -0.475. The number of methoxy groups -OCH3 is 1. The van der Waals surface area contributed by atoms with E-state index >= 15 is 0 Å². The molecule has 0 aromatic carbocycles. The van der Waals surface area contributed by atoms with E-state index in [2.05, 4.69) is 4.74 Å². The quantitative estimate of drug-likeness (QED) is 0.369. The first-order valence-corrected chi connectivity index (χ1v) is 2.23. The molecule has 0 saturated heterocycles. The number of esters is 1. The molecule has 0 atom stereocenters. The van der Waals surface area contributed by atoms with Crippen molar-refractivity contribution in [3.8, 4) is 0 Å². The molecule has 0 aliphatic rings. The van der Waals surface area contributed by atoms with Crippen molar-refractivity contribution in [3.05, 3.63) is 0 Å². The Kier molecular flexibility index (Phi) is 9.40. The Morgan fingerprint density at radius 1 is 1.44 bits per heavy atom. The molecule has 0 aromatic heterocycles. The zero-order valence-corrected chi connectivity index (χ0v) is 4.93. The molecule has 9 heavy (non-hydrogen) atoms. The van der Waals surface area contributed by atoms with Gasteiger partial charge in [0.25, 0.3) is 0 Å². The molecule has 0 rings (SSSR count). The van der Waals surface area contributed by atoms with E-state index in [0.717, 1.165) is 0 Å². The van der Waals surface area contributed by atoms with Gasteiger partial charge in [-0.3, -0.25) is 9.59 Å². The van der Waals surface area contributed by atoms with Crippen LogP contribution in [0.1, 0.15) is 13.3 Å². The summed E-state index contributed by atoms with van der Waals surface area (Å²) in [4.78, 5) is 20.3. The van der Waals surface area contributed by atoms with Crippen LogP contribution in [-0.4, -0.2) is 67.7 Å². The van der Waals surface area contributed by atoms with Gasteiger partial charge in [0, 0.05) is 0 Å². The molecule has 4 heteroatoms. The summed E-state index contributed by atoms with van der Waals surface area (Å²) in [5, 5.41) is 0. The molecule has 0 bridgehead atoms. The van der Waals surface area contributed by atoms with E-state index in [1.165, 1.54) is 14.0 Å². The average Bonchev–Trinajstić information content (AvgIpc) is 1.65. The van der Waals surface area contributed by atoms with Crippen LogP contribution in [0.25, 0.3) is 0 Å². The normalized spacial score (nSPS) is 7.33. The van der Waals surface area contributed by atoms with Gasteiger partial charge in [0.1, 0.15) is 12.2 Å². The average molecular weight is 255 g/mol. The van der Waals surface area contributed by atoms with Crippen LogP contribution >= 0.6 is 0 Å². The molecule has 50 valence electrons. The third-order valence-corrected chi connectivity index (χ3v) is 0.621. The number of hydrogen-bond donors (Lipinski definition) is 0. The molecule has 0 radical (unpaired) electrons. The Labute approximate surface area is 94.2 Å². The van der Waals surface area contributed by atoms with E-state index in [4.69, 9.17) is 0 Å². The van der Waals surface area contributed by atoms with Crippen LogP contribution in [0.3, 0.4) is 0 Å². The van der Waals surface area contributed by atoms with Crippen molar-refractivity contribution in [2.45, 2.75) is 13.3 Å². The Balaban J connectivity index is 0.